The molecule has 0 bridgehead atoms. The van der Waals surface area contributed by atoms with Crippen molar-refractivity contribution < 1.29 is 49.0 Å². The Labute approximate surface area is 268 Å². The third-order valence-electron chi connectivity index (χ3n) is 7.77. The van der Waals surface area contributed by atoms with Gasteiger partial charge in [-0.05, 0) is 29.8 Å². The number of ether oxygens (including phenoxy) is 2. The minimum Gasteiger partial charge on any atom is -0.480 e. The van der Waals surface area contributed by atoms with Crippen molar-refractivity contribution in [2.45, 2.75) is 35.9 Å². The van der Waals surface area contributed by atoms with Crippen LogP contribution < -0.4 is 20.5 Å². The van der Waals surface area contributed by atoms with Crippen LogP contribution in [0.5, 0.6) is 11.6 Å². The summed E-state index contributed by atoms with van der Waals surface area (Å²) in [4.78, 5) is 22.3. The highest BCUT2D eigenvalue weighted by molar-refractivity contribution is 7.89. The Morgan fingerprint density at radius 2 is 1.88 bits per heavy atom. The SMILES string of the molecule is COc1ncc(-c2cc(CN3CC(F)(F)C3)c3c(N)ncnn23)cc1C(=O)N[C@@H]1CN(S(=O)(=O)c2ccccc2OC(F)(F)F)C[C@@H]1F. The number of sulfonamides is 1. The zero-order valence-electron chi connectivity index (χ0n) is 24.8. The lowest BCUT2D eigenvalue weighted by Gasteiger charge is -2.38. The number of alkyl halides is 6. The lowest BCUT2D eigenvalue weighted by Crippen LogP contribution is -2.55. The van der Waals surface area contributed by atoms with E-state index in [4.69, 9.17) is 10.5 Å². The number of halogens is 6. The monoisotopic (exact) mass is 700 g/mol. The summed E-state index contributed by atoms with van der Waals surface area (Å²) in [7, 11) is -3.45. The van der Waals surface area contributed by atoms with E-state index in [-0.39, 0.29) is 23.8 Å². The van der Waals surface area contributed by atoms with Gasteiger partial charge in [-0.15, -0.1) is 13.2 Å². The summed E-state index contributed by atoms with van der Waals surface area (Å²) in [5, 5.41) is 6.65. The number of benzene rings is 1. The molecule has 0 spiro atoms. The number of nitrogens with one attached hydrogen (secondary N) is 1. The Bertz CT molecular complexity index is 1980. The van der Waals surface area contributed by atoms with Crippen LogP contribution in [0, 0.1) is 0 Å². The molecule has 256 valence electrons. The Hall–Kier alpha value is -4.69. The smallest absolute Gasteiger partial charge is 0.480 e. The molecule has 4 aromatic rings. The molecule has 2 aliphatic heterocycles. The first-order valence-corrected chi connectivity index (χ1v) is 15.6. The Morgan fingerprint density at radius 1 is 1.15 bits per heavy atom. The quantitative estimate of drug-likeness (QED) is 0.249. The number of carbonyl (C=O) groups excluding carboxylic acids is 1. The minimum atomic E-state index is -5.18. The van der Waals surface area contributed by atoms with Gasteiger partial charge < -0.3 is 20.5 Å². The number of carbonyl (C=O) groups is 1. The van der Waals surface area contributed by atoms with E-state index in [0.29, 0.717) is 26.6 Å². The van der Waals surface area contributed by atoms with E-state index in [9.17, 15) is 35.2 Å². The van der Waals surface area contributed by atoms with Gasteiger partial charge in [0.2, 0.25) is 15.9 Å². The van der Waals surface area contributed by atoms with Crippen LogP contribution in [0.3, 0.4) is 0 Å². The number of nitrogen functional groups attached to an aromatic ring is 1. The van der Waals surface area contributed by atoms with Gasteiger partial charge in [0.25, 0.3) is 11.8 Å². The zero-order chi connectivity index (χ0) is 34.6. The first-order valence-electron chi connectivity index (χ1n) is 14.1. The first-order chi connectivity index (χ1) is 22.6. The highest BCUT2D eigenvalue weighted by atomic mass is 32.2. The molecule has 3 aromatic heterocycles. The van der Waals surface area contributed by atoms with Crippen molar-refractivity contribution in [3.8, 4) is 22.9 Å². The molecule has 0 radical (unpaired) electrons. The fraction of sp³-hybridized carbons (Fsp3) is 0.357. The Morgan fingerprint density at radius 3 is 2.56 bits per heavy atom. The maximum Gasteiger partial charge on any atom is 0.573 e. The topological polar surface area (TPSA) is 157 Å². The van der Waals surface area contributed by atoms with Crippen molar-refractivity contribution >= 4 is 27.3 Å². The highest BCUT2D eigenvalue weighted by Gasteiger charge is 2.44. The number of hydrogen-bond acceptors (Lipinski definition) is 10. The fourth-order valence-corrected chi connectivity index (χ4v) is 7.26. The molecule has 5 heterocycles. The second-order valence-electron chi connectivity index (χ2n) is 11.2. The molecule has 13 nitrogen and oxygen atoms in total. The van der Waals surface area contributed by atoms with Crippen molar-refractivity contribution in [3.05, 3.63) is 60.0 Å². The van der Waals surface area contributed by atoms with Gasteiger partial charge >= 0.3 is 6.36 Å². The van der Waals surface area contributed by atoms with Crippen LogP contribution in [0.25, 0.3) is 16.8 Å². The summed E-state index contributed by atoms with van der Waals surface area (Å²) in [5.41, 5.74) is 7.50. The van der Waals surface area contributed by atoms with Crippen LogP contribution in [-0.4, -0.2) is 101 Å². The number of amides is 1. The number of likely N-dealkylation sites (tertiary alicyclic amines) is 1. The average Bonchev–Trinajstić information content (AvgIpc) is 3.56. The number of nitrogens with two attached hydrogens (primary N) is 1. The van der Waals surface area contributed by atoms with Gasteiger partial charge in [0.05, 0.1) is 31.9 Å². The number of rotatable bonds is 9. The molecule has 0 saturated carbocycles. The van der Waals surface area contributed by atoms with Crippen molar-refractivity contribution in [2.75, 3.05) is 39.0 Å². The van der Waals surface area contributed by atoms with E-state index in [1.165, 1.54) is 41.2 Å². The van der Waals surface area contributed by atoms with E-state index in [1.54, 1.807) is 6.07 Å². The van der Waals surface area contributed by atoms with Crippen molar-refractivity contribution in [3.63, 3.8) is 0 Å². The summed E-state index contributed by atoms with van der Waals surface area (Å²) in [6.07, 6.45) is -4.57. The summed E-state index contributed by atoms with van der Waals surface area (Å²) in [6, 6.07) is 5.64. The van der Waals surface area contributed by atoms with Crippen molar-refractivity contribution in [1.29, 1.82) is 0 Å². The lowest BCUT2D eigenvalue weighted by molar-refractivity contribution is -0.275. The van der Waals surface area contributed by atoms with Gasteiger partial charge in [0.15, 0.2) is 5.82 Å². The van der Waals surface area contributed by atoms with E-state index in [0.717, 1.165) is 18.2 Å². The van der Waals surface area contributed by atoms with Crippen LogP contribution in [-0.2, 0) is 16.6 Å². The van der Waals surface area contributed by atoms with E-state index >= 15 is 4.39 Å². The second kappa shape index (κ2) is 12.1. The predicted octanol–water partition coefficient (Wildman–Crippen LogP) is 2.87. The number of pyridine rings is 1. The van der Waals surface area contributed by atoms with Crippen LogP contribution in [0.15, 0.2) is 53.8 Å². The van der Waals surface area contributed by atoms with Gasteiger partial charge in [-0.2, -0.15) is 9.40 Å². The summed E-state index contributed by atoms with van der Waals surface area (Å²) in [6.45, 7) is -2.13. The molecule has 1 aromatic carbocycles. The Kier molecular flexibility index (Phi) is 8.36. The number of nitrogens with zero attached hydrogens (tertiary/aromatic N) is 6. The second-order valence-corrected chi connectivity index (χ2v) is 13.1. The third-order valence-corrected chi connectivity index (χ3v) is 9.65. The number of para-hydroxylation sites is 1. The lowest BCUT2D eigenvalue weighted by atomic mass is 10.1. The number of anilines is 1. The van der Waals surface area contributed by atoms with Crippen molar-refractivity contribution in [1.82, 2.24) is 34.1 Å². The molecule has 20 heteroatoms. The average molecular weight is 701 g/mol. The van der Waals surface area contributed by atoms with Crippen LogP contribution in [0.4, 0.5) is 32.2 Å². The van der Waals surface area contributed by atoms with Crippen LogP contribution in [0.2, 0.25) is 0 Å². The summed E-state index contributed by atoms with van der Waals surface area (Å²) >= 11 is 0. The van der Waals surface area contributed by atoms with E-state index < -0.39 is 77.3 Å². The molecule has 0 unspecified atom stereocenters. The molecule has 0 aliphatic carbocycles. The van der Waals surface area contributed by atoms with Gasteiger partial charge in [-0.3, -0.25) is 9.69 Å². The number of hydrogen-bond donors (Lipinski definition) is 2. The molecule has 2 saturated heterocycles. The predicted molar refractivity (Wildman–Crippen MR) is 155 cm³/mol. The van der Waals surface area contributed by atoms with Crippen molar-refractivity contribution in [2.24, 2.45) is 0 Å². The number of aromatic nitrogens is 4. The molecule has 2 atom stereocenters. The standard InChI is InChI=1S/C28H26F6N8O5S/c1-46-26-17(6-15(8-36-26)20-7-16(9-40-12-27(30,31)13-40)23-24(35)37-14-38-42(20)23)25(43)39-19-11-41(10-18(19)29)48(44,45)22-5-3-2-4-21(22)47-28(32,33)34/h2-8,14,18-19H,9-13H2,1H3,(H,39,43)(H2,35,37,38)/t18-,19+/m0/s1. The minimum absolute atomic E-state index is 0.0836. The molecular weight excluding hydrogens is 674 g/mol. The highest BCUT2D eigenvalue weighted by Crippen LogP contribution is 2.35. The van der Waals surface area contributed by atoms with Gasteiger partial charge in [0, 0.05) is 31.4 Å². The Balaban J connectivity index is 1.25. The van der Waals surface area contributed by atoms with Crippen LogP contribution in [0.1, 0.15) is 15.9 Å². The largest absolute Gasteiger partial charge is 0.573 e. The molecule has 2 fully saturated rings. The first kappa shape index (κ1) is 33.2. The summed E-state index contributed by atoms with van der Waals surface area (Å²) in [5.74, 6) is -4.76. The molecule has 48 heavy (non-hydrogen) atoms. The maximum absolute atomic E-state index is 15.2. The summed E-state index contributed by atoms with van der Waals surface area (Å²) < 4.78 is 119. The molecule has 3 N–H and O–H groups in total. The maximum atomic E-state index is 15.2. The normalized spacial score (nSPS) is 20.1. The molecule has 2 aliphatic rings. The van der Waals surface area contributed by atoms with E-state index in [2.05, 4.69) is 25.1 Å². The van der Waals surface area contributed by atoms with Gasteiger partial charge in [-0.25, -0.2) is 36.1 Å². The number of methoxy groups -OCH3 is 1. The molecule has 1 amide bonds. The van der Waals surface area contributed by atoms with E-state index in [1.807, 2.05) is 0 Å². The number of fused-ring (bicyclic) bond motifs is 1. The zero-order valence-corrected chi connectivity index (χ0v) is 25.6. The fourth-order valence-electron chi connectivity index (χ4n) is 5.67. The molecular formula is C28H26F6N8O5S. The molecule has 6 rings (SSSR count). The van der Waals surface area contributed by atoms with Crippen LogP contribution >= 0.6 is 0 Å². The van der Waals surface area contributed by atoms with Gasteiger partial charge in [0.1, 0.15) is 34.2 Å². The van der Waals surface area contributed by atoms with Gasteiger partial charge in [-0.1, -0.05) is 12.1 Å². The third kappa shape index (κ3) is 6.41.